The molecule has 1 heterocycles. The standard InChI is InChI=1S/C18H17FN2O/c1-11(2)12-3-6-14(7-4-12)21-18(22)16-10-20-17-8-5-13(19)9-15(16)17/h3-11,20H,1-2H3,(H,21,22). The quantitative estimate of drug-likeness (QED) is 0.724. The van der Waals surface area contributed by atoms with Crippen molar-refractivity contribution in [2.24, 2.45) is 0 Å². The molecule has 3 nitrogen and oxygen atoms in total. The van der Waals surface area contributed by atoms with E-state index in [1.807, 2.05) is 24.3 Å². The third-order valence-electron chi connectivity index (χ3n) is 3.72. The first-order valence-electron chi connectivity index (χ1n) is 7.22. The Kier molecular flexibility index (Phi) is 3.67. The number of aromatic nitrogens is 1. The number of fused-ring (bicyclic) bond motifs is 1. The van der Waals surface area contributed by atoms with Crippen LogP contribution >= 0.6 is 0 Å². The van der Waals surface area contributed by atoms with E-state index in [0.29, 0.717) is 16.9 Å². The predicted molar refractivity (Wildman–Crippen MR) is 86.7 cm³/mol. The summed E-state index contributed by atoms with van der Waals surface area (Å²) in [5.41, 5.74) is 3.11. The number of aromatic amines is 1. The summed E-state index contributed by atoms with van der Waals surface area (Å²) < 4.78 is 13.4. The van der Waals surface area contributed by atoms with Crippen LogP contribution in [0.4, 0.5) is 10.1 Å². The number of hydrogen-bond donors (Lipinski definition) is 2. The van der Waals surface area contributed by atoms with Crippen LogP contribution in [0.5, 0.6) is 0 Å². The van der Waals surface area contributed by atoms with Gasteiger partial charge in [0.1, 0.15) is 5.82 Å². The van der Waals surface area contributed by atoms with Crippen LogP contribution in [-0.2, 0) is 0 Å². The number of benzene rings is 2. The predicted octanol–water partition coefficient (Wildman–Crippen LogP) is 4.68. The van der Waals surface area contributed by atoms with Crippen LogP contribution in [0.15, 0.2) is 48.7 Å². The monoisotopic (exact) mass is 296 g/mol. The summed E-state index contributed by atoms with van der Waals surface area (Å²) in [5.74, 6) is -0.169. The van der Waals surface area contributed by atoms with Crippen molar-refractivity contribution in [3.05, 3.63) is 65.6 Å². The smallest absolute Gasteiger partial charge is 0.257 e. The van der Waals surface area contributed by atoms with Crippen LogP contribution in [0.1, 0.15) is 35.7 Å². The molecule has 0 atom stereocenters. The lowest BCUT2D eigenvalue weighted by Crippen LogP contribution is -2.11. The molecular weight excluding hydrogens is 279 g/mol. The molecule has 2 aromatic carbocycles. The van der Waals surface area contributed by atoms with Crippen molar-refractivity contribution in [2.75, 3.05) is 5.32 Å². The first-order valence-corrected chi connectivity index (χ1v) is 7.22. The van der Waals surface area contributed by atoms with Crippen molar-refractivity contribution in [1.82, 2.24) is 4.98 Å². The SMILES string of the molecule is CC(C)c1ccc(NC(=O)c2c[nH]c3ccc(F)cc23)cc1. The van der Waals surface area contributed by atoms with Gasteiger partial charge in [-0.3, -0.25) is 4.79 Å². The molecular formula is C18H17FN2O. The lowest BCUT2D eigenvalue weighted by atomic mass is 10.0. The maximum atomic E-state index is 13.4. The van der Waals surface area contributed by atoms with E-state index in [-0.39, 0.29) is 11.7 Å². The van der Waals surface area contributed by atoms with Gasteiger partial charge in [-0.2, -0.15) is 0 Å². The second kappa shape index (κ2) is 5.64. The summed E-state index contributed by atoms with van der Waals surface area (Å²) in [7, 11) is 0. The molecule has 0 radical (unpaired) electrons. The van der Waals surface area contributed by atoms with E-state index in [1.165, 1.54) is 17.7 Å². The molecule has 0 spiro atoms. The van der Waals surface area contributed by atoms with Crippen LogP contribution in [0.3, 0.4) is 0 Å². The van der Waals surface area contributed by atoms with Gasteiger partial charge in [0.25, 0.3) is 5.91 Å². The van der Waals surface area contributed by atoms with E-state index < -0.39 is 0 Å². The minimum absolute atomic E-state index is 0.255. The van der Waals surface area contributed by atoms with Gasteiger partial charge in [-0.25, -0.2) is 4.39 Å². The number of carbonyl (C=O) groups is 1. The number of amides is 1. The maximum absolute atomic E-state index is 13.4. The van der Waals surface area contributed by atoms with Crippen LogP contribution in [0, 0.1) is 5.82 Å². The summed E-state index contributed by atoms with van der Waals surface area (Å²) in [4.78, 5) is 15.3. The zero-order chi connectivity index (χ0) is 15.7. The molecule has 0 saturated carbocycles. The molecule has 0 aliphatic heterocycles. The Hall–Kier alpha value is -2.62. The van der Waals surface area contributed by atoms with Crippen LogP contribution < -0.4 is 5.32 Å². The van der Waals surface area contributed by atoms with Crippen LogP contribution in [0.25, 0.3) is 10.9 Å². The first kappa shape index (κ1) is 14.3. The van der Waals surface area contributed by atoms with Gasteiger partial charge in [-0.15, -0.1) is 0 Å². The zero-order valence-electron chi connectivity index (χ0n) is 12.5. The average molecular weight is 296 g/mol. The molecule has 0 unspecified atom stereocenters. The van der Waals surface area contributed by atoms with Crippen molar-refractivity contribution < 1.29 is 9.18 Å². The topological polar surface area (TPSA) is 44.9 Å². The van der Waals surface area contributed by atoms with Gasteiger partial charge in [0, 0.05) is 22.8 Å². The largest absolute Gasteiger partial charge is 0.360 e. The van der Waals surface area contributed by atoms with Gasteiger partial charge in [0.15, 0.2) is 0 Å². The molecule has 3 aromatic rings. The fraction of sp³-hybridized carbons (Fsp3) is 0.167. The summed E-state index contributed by atoms with van der Waals surface area (Å²) >= 11 is 0. The molecule has 3 rings (SSSR count). The second-order valence-corrected chi connectivity index (χ2v) is 5.62. The van der Waals surface area contributed by atoms with Crippen molar-refractivity contribution in [2.45, 2.75) is 19.8 Å². The van der Waals surface area contributed by atoms with Crippen LogP contribution in [-0.4, -0.2) is 10.9 Å². The number of anilines is 1. The van der Waals surface area contributed by atoms with E-state index in [2.05, 4.69) is 24.1 Å². The van der Waals surface area contributed by atoms with Crippen molar-refractivity contribution >= 4 is 22.5 Å². The highest BCUT2D eigenvalue weighted by atomic mass is 19.1. The normalized spacial score (nSPS) is 11.1. The zero-order valence-corrected chi connectivity index (χ0v) is 12.5. The highest BCUT2D eigenvalue weighted by molar-refractivity contribution is 6.12. The fourth-order valence-electron chi connectivity index (χ4n) is 2.43. The maximum Gasteiger partial charge on any atom is 0.257 e. The minimum Gasteiger partial charge on any atom is -0.360 e. The van der Waals surface area contributed by atoms with Gasteiger partial charge < -0.3 is 10.3 Å². The Morgan fingerprint density at radius 2 is 1.86 bits per heavy atom. The van der Waals surface area contributed by atoms with Crippen molar-refractivity contribution in [1.29, 1.82) is 0 Å². The van der Waals surface area contributed by atoms with Crippen molar-refractivity contribution in [3.63, 3.8) is 0 Å². The Bertz CT molecular complexity index is 819. The molecule has 0 saturated heterocycles. The highest BCUT2D eigenvalue weighted by Gasteiger charge is 2.13. The average Bonchev–Trinajstić information content (AvgIpc) is 2.90. The highest BCUT2D eigenvalue weighted by Crippen LogP contribution is 2.22. The third kappa shape index (κ3) is 2.72. The van der Waals surface area contributed by atoms with Crippen LogP contribution in [0.2, 0.25) is 0 Å². The van der Waals surface area contributed by atoms with Gasteiger partial charge in [-0.05, 0) is 41.8 Å². The minimum atomic E-state index is -0.359. The number of halogens is 1. The van der Waals surface area contributed by atoms with E-state index in [1.54, 1.807) is 12.3 Å². The molecule has 4 heteroatoms. The van der Waals surface area contributed by atoms with Crippen molar-refractivity contribution in [3.8, 4) is 0 Å². The molecule has 0 aliphatic rings. The van der Waals surface area contributed by atoms with E-state index in [0.717, 1.165) is 11.2 Å². The molecule has 0 fully saturated rings. The fourth-order valence-corrected chi connectivity index (χ4v) is 2.43. The van der Waals surface area contributed by atoms with E-state index in [9.17, 15) is 9.18 Å². The number of carbonyl (C=O) groups excluding carboxylic acids is 1. The second-order valence-electron chi connectivity index (χ2n) is 5.62. The summed E-state index contributed by atoms with van der Waals surface area (Å²) in [5, 5.41) is 3.42. The molecule has 1 aromatic heterocycles. The first-order chi connectivity index (χ1) is 10.5. The number of H-pyrrole nitrogens is 1. The van der Waals surface area contributed by atoms with E-state index >= 15 is 0 Å². The van der Waals surface area contributed by atoms with Gasteiger partial charge >= 0.3 is 0 Å². The Morgan fingerprint density at radius 1 is 1.14 bits per heavy atom. The summed E-state index contributed by atoms with van der Waals surface area (Å²) in [6, 6.07) is 12.1. The summed E-state index contributed by atoms with van der Waals surface area (Å²) in [6.07, 6.45) is 1.60. The lowest BCUT2D eigenvalue weighted by molar-refractivity contribution is 0.102. The lowest BCUT2D eigenvalue weighted by Gasteiger charge is -2.08. The molecule has 112 valence electrons. The number of hydrogen-bond acceptors (Lipinski definition) is 1. The van der Waals surface area contributed by atoms with E-state index in [4.69, 9.17) is 0 Å². The summed E-state index contributed by atoms with van der Waals surface area (Å²) in [6.45, 7) is 4.24. The Labute approximate surface area is 128 Å². The number of rotatable bonds is 3. The van der Waals surface area contributed by atoms with Gasteiger partial charge in [0.2, 0.25) is 0 Å². The van der Waals surface area contributed by atoms with Gasteiger partial charge in [0.05, 0.1) is 5.56 Å². The molecule has 22 heavy (non-hydrogen) atoms. The Morgan fingerprint density at radius 3 is 2.55 bits per heavy atom. The molecule has 0 aliphatic carbocycles. The molecule has 0 bridgehead atoms. The molecule has 1 amide bonds. The van der Waals surface area contributed by atoms with Gasteiger partial charge in [-0.1, -0.05) is 26.0 Å². The Balaban J connectivity index is 1.85. The number of nitrogens with one attached hydrogen (secondary N) is 2. The molecule has 2 N–H and O–H groups in total. The third-order valence-corrected chi connectivity index (χ3v) is 3.72.